The van der Waals surface area contributed by atoms with Crippen LogP contribution in [-0.2, 0) is 15.0 Å². The maximum atomic E-state index is 12.0. The summed E-state index contributed by atoms with van der Waals surface area (Å²) in [5, 5.41) is 9.86. The summed E-state index contributed by atoms with van der Waals surface area (Å²) < 4.78 is 5.25. The van der Waals surface area contributed by atoms with Crippen LogP contribution in [0.1, 0.15) is 70.8 Å². The minimum Gasteiger partial charge on any atom is -0.481 e. The van der Waals surface area contributed by atoms with Crippen molar-refractivity contribution in [1.29, 1.82) is 0 Å². The van der Waals surface area contributed by atoms with E-state index in [1.54, 1.807) is 12.1 Å². The van der Waals surface area contributed by atoms with Gasteiger partial charge in [-0.25, -0.2) is 0 Å². The number of aliphatic carboxylic acids is 1. The molecule has 0 aromatic heterocycles. The fraction of sp³-hybridized carbons (Fsp3) is 0.600. The molecule has 0 aliphatic heterocycles. The van der Waals surface area contributed by atoms with E-state index in [1.165, 1.54) is 6.42 Å². The summed E-state index contributed by atoms with van der Waals surface area (Å²) in [7, 11) is 0. The van der Waals surface area contributed by atoms with Gasteiger partial charge in [-0.1, -0.05) is 38.8 Å². The van der Waals surface area contributed by atoms with Crippen molar-refractivity contribution in [3.05, 3.63) is 29.8 Å². The van der Waals surface area contributed by atoms with Crippen molar-refractivity contribution in [3.8, 4) is 5.75 Å². The van der Waals surface area contributed by atoms with Crippen LogP contribution in [0, 0.1) is 5.92 Å². The van der Waals surface area contributed by atoms with Crippen LogP contribution in [0.4, 0.5) is 0 Å². The molecular weight excluding hydrogens is 304 g/mol. The van der Waals surface area contributed by atoms with E-state index in [4.69, 9.17) is 4.74 Å². The van der Waals surface area contributed by atoms with Crippen LogP contribution in [-0.4, -0.2) is 17.0 Å². The van der Waals surface area contributed by atoms with E-state index < -0.39 is 11.4 Å². The molecule has 1 aliphatic rings. The molecule has 2 rings (SSSR count). The molecule has 24 heavy (non-hydrogen) atoms. The van der Waals surface area contributed by atoms with E-state index in [2.05, 4.69) is 6.92 Å². The lowest BCUT2D eigenvalue weighted by Crippen LogP contribution is -2.39. The predicted molar refractivity (Wildman–Crippen MR) is 93.2 cm³/mol. The maximum Gasteiger partial charge on any atom is 0.314 e. The number of hydrogen-bond acceptors (Lipinski definition) is 3. The molecule has 0 spiro atoms. The van der Waals surface area contributed by atoms with Crippen LogP contribution in [0.3, 0.4) is 0 Å². The van der Waals surface area contributed by atoms with Crippen molar-refractivity contribution >= 4 is 11.9 Å². The smallest absolute Gasteiger partial charge is 0.314 e. The van der Waals surface area contributed by atoms with Gasteiger partial charge < -0.3 is 9.84 Å². The first kappa shape index (κ1) is 18.5. The van der Waals surface area contributed by atoms with Crippen molar-refractivity contribution in [2.75, 3.05) is 0 Å². The first-order valence-electron chi connectivity index (χ1n) is 9.06. The molecule has 0 heterocycles. The van der Waals surface area contributed by atoms with Crippen molar-refractivity contribution in [2.45, 2.75) is 70.6 Å². The molecule has 4 nitrogen and oxygen atoms in total. The van der Waals surface area contributed by atoms with Crippen molar-refractivity contribution in [2.24, 2.45) is 5.92 Å². The fourth-order valence-electron chi connectivity index (χ4n) is 3.72. The Balaban J connectivity index is 2.12. The number of esters is 1. The number of rotatable bonds is 7. The van der Waals surface area contributed by atoms with Crippen LogP contribution in [0.25, 0.3) is 0 Å². The highest BCUT2D eigenvalue weighted by Crippen LogP contribution is 2.43. The highest BCUT2D eigenvalue weighted by atomic mass is 16.5. The summed E-state index contributed by atoms with van der Waals surface area (Å²) in [5.74, 6) is 0.139. The monoisotopic (exact) mass is 332 g/mol. The SMILES string of the molecule is CCCC(=O)Oc1ccc(C2(C(=O)O)CCC(CCC)CC2)cc1. The summed E-state index contributed by atoms with van der Waals surface area (Å²) in [6.07, 6.45) is 6.77. The Bertz CT molecular complexity index is 554. The summed E-state index contributed by atoms with van der Waals surface area (Å²) >= 11 is 0. The molecule has 132 valence electrons. The lowest BCUT2D eigenvalue weighted by molar-refractivity contribution is -0.145. The molecule has 4 heteroatoms. The van der Waals surface area contributed by atoms with Crippen LogP contribution in [0.2, 0.25) is 0 Å². The van der Waals surface area contributed by atoms with Gasteiger partial charge in [0.25, 0.3) is 0 Å². The zero-order chi connectivity index (χ0) is 17.6. The second-order valence-electron chi connectivity index (χ2n) is 6.87. The fourth-order valence-corrected chi connectivity index (χ4v) is 3.72. The number of carbonyl (C=O) groups excluding carboxylic acids is 1. The molecule has 0 saturated heterocycles. The molecule has 0 atom stereocenters. The Morgan fingerprint density at radius 3 is 2.25 bits per heavy atom. The van der Waals surface area contributed by atoms with Gasteiger partial charge in [-0.15, -0.1) is 0 Å². The van der Waals surface area contributed by atoms with E-state index >= 15 is 0 Å². The largest absolute Gasteiger partial charge is 0.481 e. The molecular formula is C20H28O4. The van der Waals surface area contributed by atoms with Gasteiger partial charge >= 0.3 is 11.9 Å². The first-order valence-corrected chi connectivity index (χ1v) is 9.06. The molecule has 0 radical (unpaired) electrons. The highest BCUT2D eigenvalue weighted by molar-refractivity contribution is 5.81. The van der Waals surface area contributed by atoms with Crippen molar-refractivity contribution < 1.29 is 19.4 Å². The average Bonchev–Trinajstić information content (AvgIpc) is 2.57. The third-order valence-corrected chi connectivity index (χ3v) is 5.16. The molecule has 1 aliphatic carbocycles. The van der Waals surface area contributed by atoms with Gasteiger partial charge in [0.1, 0.15) is 5.75 Å². The van der Waals surface area contributed by atoms with Gasteiger partial charge in [0.15, 0.2) is 0 Å². The van der Waals surface area contributed by atoms with E-state index in [9.17, 15) is 14.7 Å². The minimum absolute atomic E-state index is 0.252. The number of hydrogen-bond donors (Lipinski definition) is 1. The first-order chi connectivity index (χ1) is 11.5. The van der Waals surface area contributed by atoms with Gasteiger partial charge in [0.05, 0.1) is 5.41 Å². The Labute approximate surface area is 144 Å². The third kappa shape index (κ3) is 4.16. The second-order valence-corrected chi connectivity index (χ2v) is 6.87. The molecule has 1 saturated carbocycles. The molecule has 1 fully saturated rings. The second kappa shape index (κ2) is 8.32. The predicted octanol–water partition coefficient (Wildman–Crippen LogP) is 4.70. The summed E-state index contributed by atoms with van der Waals surface area (Å²) in [4.78, 5) is 23.6. The molecule has 0 amide bonds. The van der Waals surface area contributed by atoms with Gasteiger partial charge in [0.2, 0.25) is 0 Å². The van der Waals surface area contributed by atoms with E-state index in [0.29, 0.717) is 30.9 Å². The van der Waals surface area contributed by atoms with Gasteiger partial charge in [-0.3, -0.25) is 9.59 Å². The van der Waals surface area contributed by atoms with Crippen LogP contribution in [0.5, 0.6) is 5.75 Å². The zero-order valence-electron chi connectivity index (χ0n) is 14.7. The topological polar surface area (TPSA) is 63.6 Å². The quantitative estimate of drug-likeness (QED) is 0.580. The number of benzene rings is 1. The minimum atomic E-state index is -0.795. The van der Waals surface area contributed by atoms with Crippen molar-refractivity contribution in [1.82, 2.24) is 0 Å². The standard InChI is InChI=1S/C20H28O4/c1-3-5-15-11-13-20(14-12-15,19(22)23)16-7-9-17(10-8-16)24-18(21)6-4-2/h7-10,15H,3-6,11-14H2,1-2H3,(H,22,23). The third-order valence-electron chi connectivity index (χ3n) is 5.16. The van der Waals surface area contributed by atoms with Crippen LogP contribution >= 0.6 is 0 Å². The zero-order valence-corrected chi connectivity index (χ0v) is 14.7. The molecule has 0 unspecified atom stereocenters. The summed E-state index contributed by atoms with van der Waals surface area (Å²) in [5.41, 5.74) is 0.0242. The summed E-state index contributed by atoms with van der Waals surface area (Å²) in [6.45, 7) is 4.10. The maximum absolute atomic E-state index is 12.0. The van der Waals surface area contributed by atoms with Crippen molar-refractivity contribution in [3.63, 3.8) is 0 Å². The average molecular weight is 332 g/mol. The molecule has 0 bridgehead atoms. The van der Waals surface area contributed by atoms with Crippen LogP contribution in [0.15, 0.2) is 24.3 Å². The Morgan fingerprint density at radius 1 is 1.12 bits per heavy atom. The highest BCUT2D eigenvalue weighted by Gasteiger charge is 2.43. The number of carbonyl (C=O) groups is 2. The lowest BCUT2D eigenvalue weighted by Gasteiger charge is -2.37. The number of carboxylic acid groups (broad SMARTS) is 1. The van der Waals surface area contributed by atoms with E-state index in [0.717, 1.165) is 31.2 Å². The van der Waals surface area contributed by atoms with Gasteiger partial charge in [0, 0.05) is 6.42 Å². The normalized spacial score (nSPS) is 23.7. The Kier molecular flexibility index (Phi) is 6.41. The Hall–Kier alpha value is -1.84. The molecule has 1 aromatic rings. The number of ether oxygens (including phenoxy) is 1. The lowest BCUT2D eigenvalue weighted by atomic mass is 9.66. The van der Waals surface area contributed by atoms with Crippen LogP contribution < -0.4 is 4.74 Å². The molecule has 1 N–H and O–H groups in total. The van der Waals surface area contributed by atoms with Gasteiger partial charge in [-0.2, -0.15) is 0 Å². The molecule has 1 aromatic carbocycles. The number of carboxylic acids is 1. The summed E-state index contributed by atoms with van der Waals surface area (Å²) in [6, 6.07) is 7.04. The Morgan fingerprint density at radius 2 is 1.75 bits per heavy atom. The van der Waals surface area contributed by atoms with E-state index in [1.807, 2.05) is 19.1 Å². The van der Waals surface area contributed by atoms with Gasteiger partial charge in [-0.05, 0) is 55.7 Å². The van der Waals surface area contributed by atoms with E-state index in [-0.39, 0.29) is 5.97 Å².